The van der Waals surface area contributed by atoms with E-state index in [2.05, 4.69) is 31.4 Å². The van der Waals surface area contributed by atoms with Gasteiger partial charge in [0.1, 0.15) is 0 Å². The lowest BCUT2D eigenvalue weighted by molar-refractivity contribution is 0.0535. The van der Waals surface area contributed by atoms with Crippen LogP contribution in [0.2, 0.25) is 10.0 Å². The average molecular weight is 587 g/mol. The standard InChI is InChI=1S/C26H22BrCl2N5O2/c27-18-4-7-23-21(13-18)24(32-31-23)30-15-16-2-1-3-17(12-16)25(35)33-8-10-34(11-9-33)26(36)20-6-5-19(28)14-22(20)29/h1-7,12-14H,8-11,15H2,(H2,30,31,32). The highest BCUT2D eigenvalue weighted by Gasteiger charge is 2.26. The Labute approximate surface area is 226 Å². The Morgan fingerprint density at radius 1 is 0.944 bits per heavy atom. The molecule has 2 N–H and O–H groups in total. The molecule has 3 aromatic carbocycles. The van der Waals surface area contributed by atoms with Crippen molar-refractivity contribution in [2.45, 2.75) is 6.54 Å². The number of fused-ring (bicyclic) bond motifs is 1. The maximum Gasteiger partial charge on any atom is 0.255 e. The second-order valence-corrected chi connectivity index (χ2v) is 10.3. The Bertz CT molecular complexity index is 1450. The third-order valence-electron chi connectivity index (χ3n) is 6.17. The minimum Gasteiger partial charge on any atom is -0.364 e. The van der Waals surface area contributed by atoms with Gasteiger partial charge in [0, 0.05) is 53.2 Å². The number of aromatic nitrogens is 2. The number of benzene rings is 3. The summed E-state index contributed by atoms with van der Waals surface area (Å²) in [7, 11) is 0. The maximum absolute atomic E-state index is 13.2. The van der Waals surface area contributed by atoms with Gasteiger partial charge in [-0.2, -0.15) is 5.10 Å². The summed E-state index contributed by atoms with van der Waals surface area (Å²) in [6.45, 7) is 2.30. The number of hydrogen-bond acceptors (Lipinski definition) is 4. The van der Waals surface area contributed by atoms with E-state index in [0.717, 1.165) is 26.8 Å². The van der Waals surface area contributed by atoms with Crippen molar-refractivity contribution in [3.8, 4) is 0 Å². The van der Waals surface area contributed by atoms with Crippen molar-refractivity contribution in [3.63, 3.8) is 0 Å². The molecule has 1 aliphatic heterocycles. The van der Waals surface area contributed by atoms with E-state index < -0.39 is 0 Å². The molecule has 0 spiro atoms. The van der Waals surface area contributed by atoms with Gasteiger partial charge in [-0.25, -0.2) is 0 Å². The molecule has 36 heavy (non-hydrogen) atoms. The van der Waals surface area contributed by atoms with E-state index >= 15 is 0 Å². The maximum atomic E-state index is 13.2. The summed E-state index contributed by atoms with van der Waals surface area (Å²) in [6.07, 6.45) is 0. The number of rotatable bonds is 5. The lowest BCUT2D eigenvalue weighted by atomic mass is 10.1. The third kappa shape index (κ3) is 5.21. The molecule has 0 bridgehead atoms. The number of piperazine rings is 1. The largest absolute Gasteiger partial charge is 0.364 e. The Morgan fingerprint density at radius 2 is 1.69 bits per heavy atom. The van der Waals surface area contributed by atoms with Gasteiger partial charge in [0.15, 0.2) is 5.82 Å². The van der Waals surface area contributed by atoms with Gasteiger partial charge < -0.3 is 15.1 Å². The molecular weight excluding hydrogens is 565 g/mol. The fraction of sp³-hybridized carbons (Fsp3) is 0.192. The van der Waals surface area contributed by atoms with Gasteiger partial charge >= 0.3 is 0 Å². The summed E-state index contributed by atoms with van der Waals surface area (Å²) in [5.74, 6) is 0.544. The fourth-order valence-corrected chi connectivity index (χ4v) is 5.10. The first-order chi connectivity index (χ1) is 17.4. The average Bonchev–Trinajstić information content (AvgIpc) is 3.29. The molecule has 0 aliphatic carbocycles. The van der Waals surface area contributed by atoms with Crippen molar-refractivity contribution < 1.29 is 9.59 Å². The monoisotopic (exact) mass is 585 g/mol. The molecule has 0 saturated carbocycles. The van der Waals surface area contributed by atoms with E-state index in [1.807, 2.05) is 42.5 Å². The van der Waals surface area contributed by atoms with Crippen LogP contribution in [0, 0.1) is 0 Å². The molecule has 0 atom stereocenters. The number of halogens is 3. The Kier molecular flexibility index (Phi) is 7.18. The number of anilines is 1. The van der Waals surface area contributed by atoms with Gasteiger partial charge in [0.05, 0.1) is 16.1 Å². The summed E-state index contributed by atoms with van der Waals surface area (Å²) < 4.78 is 0.977. The highest BCUT2D eigenvalue weighted by atomic mass is 79.9. The summed E-state index contributed by atoms with van der Waals surface area (Å²) in [6, 6.07) is 18.3. The molecule has 1 aromatic heterocycles. The van der Waals surface area contributed by atoms with Crippen molar-refractivity contribution in [1.82, 2.24) is 20.0 Å². The van der Waals surface area contributed by atoms with Crippen LogP contribution in [-0.2, 0) is 6.54 Å². The molecule has 1 fully saturated rings. The van der Waals surface area contributed by atoms with Gasteiger partial charge in [0.25, 0.3) is 11.8 Å². The predicted molar refractivity (Wildman–Crippen MR) is 146 cm³/mol. The Hall–Kier alpha value is -3.07. The smallest absolute Gasteiger partial charge is 0.255 e. The molecule has 184 valence electrons. The van der Waals surface area contributed by atoms with Gasteiger partial charge in [-0.3, -0.25) is 14.7 Å². The number of amides is 2. The van der Waals surface area contributed by atoms with Crippen molar-refractivity contribution >= 4 is 67.7 Å². The number of aromatic amines is 1. The zero-order valence-electron chi connectivity index (χ0n) is 19.1. The normalized spacial score (nSPS) is 13.8. The SMILES string of the molecule is O=C(c1cccc(CNc2n[nH]c3ccc(Br)cc23)c1)N1CCN(C(=O)c2ccc(Cl)cc2Cl)CC1. The van der Waals surface area contributed by atoms with Crippen LogP contribution in [-0.4, -0.2) is 58.0 Å². The van der Waals surface area contributed by atoms with Crippen LogP contribution in [0.4, 0.5) is 5.82 Å². The topological polar surface area (TPSA) is 81.3 Å². The molecule has 2 amide bonds. The summed E-state index contributed by atoms with van der Waals surface area (Å²) in [5, 5.41) is 12.5. The molecule has 2 heterocycles. The molecule has 0 radical (unpaired) electrons. The highest BCUT2D eigenvalue weighted by molar-refractivity contribution is 9.10. The van der Waals surface area contributed by atoms with Crippen molar-refractivity contribution in [3.05, 3.63) is 91.9 Å². The van der Waals surface area contributed by atoms with E-state index in [1.165, 1.54) is 0 Å². The molecular formula is C26H22BrCl2N5O2. The molecule has 5 rings (SSSR count). The predicted octanol–water partition coefficient (Wildman–Crippen LogP) is 5.84. The van der Waals surface area contributed by atoms with E-state index in [9.17, 15) is 9.59 Å². The number of hydrogen-bond donors (Lipinski definition) is 2. The van der Waals surface area contributed by atoms with Crippen molar-refractivity contribution in [1.29, 1.82) is 0 Å². The van der Waals surface area contributed by atoms with E-state index in [0.29, 0.717) is 53.9 Å². The van der Waals surface area contributed by atoms with Crippen LogP contribution in [0.25, 0.3) is 10.9 Å². The van der Waals surface area contributed by atoms with E-state index in [4.69, 9.17) is 23.2 Å². The number of nitrogens with one attached hydrogen (secondary N) is 2. The number of carbonyl (C=O) groups is 2. The lowest BCUT2D eigenvalue weighted by Gasteiger charge is -2.35. The minimum atomic E-state index is -0.158. The van der Waals surface area contributed by atoms with Gasteiger partial charge in [-0.15, -0.1) is 0 Å². The van der Waals surface area contributed by atoms with Crippen molar-refractivity contribution in [2.24, 2.45) is 0 Å². The van der Waals surface area contributed by atoms with Crippen LogP contribution < -0.4 is 5.32 Å². The second kappa shape index (κ2) is 10.5. The molecule has 1 aliphatic rings. The highest BCUT2D eigenvalue weighted by Crippen LogP contribution is 2.25. The molecule has 1 saturated heterocycles. The van der Waals surface area contributed by atoms with E-state index in [-0.39, 0.29) is 11.8 Å². The quantitative estimate of drug-likeness (QED) is 0.308. The zero-order chi connectivity index (χ0) is 25.2. The molecule has 4 aromatic rings. The Morgan fingerprint density at radius 3 is 2.44 bits per heavy atom. The molecule has 7 nitrogen and oxygen atoms in total. The summed E-state index contributed by atoms with van der Waals surface area (Å²) in [4.78, 5) is 29.5. The summed E-state index contributed by atoms with van der Waals surface area (Å²) in [5.41, 5.74) is 2.95. The first-order valence-corrected chi connectivity index (χ1v) is 12.9. The van der Waals surface area contributed by atoms with Crippen LogP contribution in [0.5, 0.6) is 0 Å². The minimum absolute atomic E-state index is 0.0531. The van der Waals surface area contributed by atoms with Gasteiger partial charge in [0.2, 0.25) is 0 Å². The summed E-state index contributed by atoms with van der Waals surface area (Å²) >= 11 is 15.6. The molecule has 0 unspecified atom stereocenters. The first kappa shape index (κ1) is 24.6. The number of H-pyrrole nitrogens is 1. The Balaban J connectivity index is 1.21. The van der Waals surface area contributed by atoms with Crippen LogP contribution in [0.3, 0.4) is 0 Å². The number of nitrogens with zero attached hydrogens (tertiary/aromatic N) is 3. The lowest BCUT2D eigenvalue weighted by Crippen LogP contribution is -2.50. The molecule has 10 heteroatoms. The second-order valence-electron chi connectivity index (χ2n) is 8.52. The van der Waals surface area contributed by atoms with Crippen LogP contribution in [0.15, 0.2) is 65.1 Å². The first-order valence-electron chi connectivity index (χ1n) is 11.4. The van der Waals surface area contributed by atoms with Gasteiger partial charge in [-0.1, -0.05) is 51.3 Å². The zero-order valence-corrected chi connectivity index (χ0v) is 22.2. The third-order valence-corrected chi connectivity index (χ3v) is 7.22. The van der Waals surface area contributed by atoms with E-state index in [1.54, 1.807) is 28.0 Å². The van der Waals surface area contributed by atoms with Gasteiger partial charge in [-0.05, 0) is 54.1 Å². The van der Waals surface area contributed by atoms with Crippen molar-refractivity contribution in [2.75, 3.05) is 31.5 Å². The van der Waals surface area contributed by atoms with Crippen LogP contribution >= 0.6 is 39.1 Å². The van der Waals surface area contributed by atoms with Crippen LogP contribution in [0.1, 0.15) is 26.3 Å². The number of carbonyl (C=O) groups excluding carboxylic acids is 2. The fourth-order valence-electron chi connectivity index (χ4n) is 4.25.